The van der Waals surface area contributed by atoms with Gasteiger partial charge < -0.3 is 19.5 Å². The molecule has 0 bridgehead atoms. The Kier molecular flexibility index (Phi) is 6.39. The van der Waals surface area contributed by atoms with E-state index in [1.54, 1.807) is 42.5 Å². The summed E-state index contributed by atoms with van der Waals surface area (Å²) in [7, 11) is 1.29. The number of hydrogen-bond donors (Lipinski definition) is 1. The summed E-state index contributed by atoms with van der Waals surface area (Å²) >= 11 is 0. The molecule has 0 fully saturated rings. The van der Waals surface area contributed by atoms with Crippen LogP contribution in [0.1, 0.15) is 34.6 Å². The lowest BCUT2D eigenvalue weighted by Gasteiger charge is -2.13. The number of carbonyl (C=O) groups excluding carboxylic acids is 2. The molecular weight excluding hydrogens is 322 g/mol. The number of anilines is 1. The van der Waals surface area contributed by atoms with Gasteiger partial charge in [0.15, 0.2) is 11.5 Å². The summed E-state index contributed by atoms with van der Waals surface area (Å²) in [6.45, 7) is 4.68. The molecule has 0 saturated heterocycles. The lowest BCUT2D eigenvalue weighted by atomic mass is 10.1. The summed E-state index contributed by atoms with van der Waals surface area (Å²) in [4.78, 5) is 24.3. The first-order valence-corrected chi connectivity index (χ1v) is 7.99. The molecule has 6 heteroatoms. The number of nitrogens with one attached hydrogen (secondary N) is 1. The van der Waals surface area contributed by atoms with Crippen LogP contribution in [0.5, 0.6) is 11.5 Å². The van der Waals surface area contributed by atoms with Crippen molar-refractivity contribution in [1.82, 2.24) is 0 Å². The van der Waals surface area contributed by atoms with Crippen molar-refractivity contribution in [2.45, 2.75) is 13.8 Å². The van der Waals surface area contributed by atoms with Gasteiger partial charge in [-0.2, -0.15) is 0 Å². The van der Waals surface area contributed by atoms with Crippen molar-refractivity contribution in [2.75, 3.05) is 25.6 Å². The third-order valence-corrected chi connectivity index (χ3v) is 3.39. The highest BCUT2D eigenvalue weighted by Crippen LogP contribution is 2.29. The molecule has 0 spiro atoms. The Labute approximate surface area is 146 Å². The van der Waals surface area contributed by atoms with E-state index in [4.69, 9.17) is 14.2 Å². The van der Waals surface area contributed by atoms with Gasteiger partial charge in [0.05, 0.1) is 31.6 Å². The zero-order valence-electron chi connectivity index (χ0n) is 14.5. The van der Waals surface area contributed by atoms with Crippen molar-refractivity contribution in [3.8, 4) is 11.5 Å². The number of methoxy groups -OCH3 is 1. The van der Waals surface area contributed by atoms with Crippen LogP contribution >= 0.6 is 0 Å². The monoisotopic (exact) mass is 343 g/mol. The second-order valence-corrected chi connectivity index (χ2v) is 5.02. The van der Waals surface area contributed by atoms with Crippen LogP contribution in [0.25, 0.3) is 0 Å². The zero-order valence-corrected chi connectivity index (χ0v) is 14.5. The normalized spacial score (nSPS) is 10.0. The molecule has 0 aromatic heterocycles. The van der Waals surface area contributed by atoms with Gasteiger partial charge in [-0.25, -0.2) is 4.79 Å². The Hall–Kier alpha value is -3.02. The Morgan fingerprint density at radius 2 is 1.64 bits per heavy atom. The van der Waals surface area contributed by atoms with Crippen molar-refractivity contribution < 1.29 is 23.8 Å². The molecule has 2 rings (SSSR count). The fourth-order valence-corrected chi connectivity index (χ4v) is 2.27. The van der Waals surface area contributed by atoms with Crippen molar-refractivity contribution in [3.63, 3.8) is 0 Å². The number of benzene rings is 2. The van der Waals surface area contributed by atoms with Crippen molar-refractivity contribution in [2.24, 2.45) is 0 Å². The standard InChI is InChI=1S/C19H21NO5/c1-4-24-16-11-10-13(12-17(16)25-5-2)18(21)20-15-9-7-6-8-14(15)19(22)23-3/h6-12H,4-5H2,1-3H3,(H,20,21). The van der Waals surface area contributed by atoms with Crippen molar-refractivity contribution in [1.29, 1.82) is 0 Å². The average Bonchev–Trinajstić information content (AvgIpc) is 2.63. The van der Waals surface area contributed by atoms with Crippen molar-refractivity contribution >= 4 is 17.6 Å². The Morgan fingerprint density at radius 3 is 2.32 bits per heavy atom. The maximum atomic E-state index is 12.5. The van der Waals surface area contributed by atoms with E-state index >= 15 is 0 Å². The Bertz CT molecular complexity index is 757. The van der Waals surface area contributed by atoms with Crippen LogP contribution in [0, 0.1) is 0 Å². The molecular formula is C19H21NO5. The molecule has 0 heterocycles. The van der Waals surface area contributed by atoms with Crippen LogP contribution in [0.3, 0.4) is 0 Å². The lowest BCUT2D eigenvalue weighted by Crippen LogP contribution is -2.15. The molecule has 25 heavy (non-hydrogen) atoms. The Balaban J connectivity index is 2.27. The maximum absolute atomic E-state index is 12.5. The topological polar surface area (TPSA) is 73.9 Å². The highest BCUT2D eigenvalue weighted by molar-refractivity contribution is 6.08. The third-order valence-electron chi connectivity index (χ3n) is 3.39. The number of carbonyl (C=O) groups is 2. The van der Waals surface area contributed by atoms with Crippen LogP contribution in [-0.4, -0.2) is 32.2 Å². The molecule has 0 aliphatic heterocycles. The summed E-state index contributed by atoms with van der Waals surface area (Å²) in [6, 6.07) is 11.6. The first-order valence-electron chi connectivity index (χ1n) is 7.99. The van der Waals surface area contributed by atoms with E-state index in [-0.39, 0.29) is 11.5 Å². The highest BCUT2D eigenvalue weighted by Gasteiger charge is 2.16. The average molecular weight is 343 g/mol. The molecule has 0 atom stereocenters. The highest BCUT2D eigenvalue weighted by atomic mass is 16.5. The van der Waals surface area contributed by atoms with Gasteiger partial charge in [0.25, 0.3) is 5.91 Å². The molecule has 0 aliphatic carbocycles. The van der Waals surface area contributed by atoms with Gasteiger partial charge in [-0.05, 0) is 44.2 Å². The molecule has 0 saturated carbocycles. The molecule has 0 aliphatic rings. The van der Waals surface area contributed by atoms with Gasteiger partial charge in [-0.1, -0.05) is 12.1 Å². The molecule has 0 unspecified atom stereocenters. The predicted octanol–water partition coefficient (Wildman–Crippen LogP) is 3.52. The summed E-state index contributed by atoms with van der Waals surface area (Å²) in [6.07, 6.45) is 0. The minimum Gasteiger partial charge on any atom is -0.490 e. The fraction of sp³-hybridized carbons (Fsp3) is 0.263. The number of amides is 1. The van der Waals surface area contributed by atoms with Gasteiger partial charge in [0.1, 0.15) is 0 Å². The number of ether oxygens (including phenoxy) is 3. The maximum Gasteiger partial charge on any atom is 0.339 e. The van der Waals surface area contributed by atoms with E-state index in [1.165, 1.54) is 7.11 Å². The van der Waals surface area contributed by atoms with Gasteiger partial charge in [0.2, 0.25) is 0 Å². The SMILES string of the molecule is CCOc1ccc(C(=O)Nc2ccccc2C(=O)OC)cc1OCC. The first-order chi connectivity index (χ1) is 12.1. The number of para-hydroxylation sites is 1. The molecule has 6 nitrogen and oxygen atoms in total. The molecule has 0 radical (unpaired) electrons. The largest absolute Gasteiger partial charge is 0.490 e. The van der Waals surface area contributed by atoms with E-state index in [1.807, 2.05) is 13.8 Å². The van der Waals surface area contributed by atoms with Crippen LogP contribution in [0.15, 0.2) is 42.5 Å². The smallest absolute Gasteiger partial charge is 0.339 e. The van der Waals surface area contributed by atoms with E-state index in [2.05, 4.69) is 5.32 Å². The molecule has 1 amide bonds. The zero-order chi connectivity index (χ0) is 18.2. The number of rotatable bonds is 7. The minimum atomic E-state index is -0.516. The molecule has 2 aromatic carbocycles. The molecule has 1 N–H and O–H groups in total. The number of esters is 1. The van der Waals surface area contributed by atoms with Gasteiger partial charge in [-0.3, -0.25) is 4.79 Å². The van der Waals surface area contributed by atoms with Gasteiger partial charge in [-0.15, -0.1) is 0 Å². The molecule has 2 aromatic rings. The minimum absolute atomic E-state index is 0.286. The fourth-order valence-electron chi connectivity index (χ4n) is 2.27. The second kappa shape index (κ2) is 8.73. The number of hydrogen-bond acceptors (Lipinski definition) is 5. The predicted molar refractivity (Wildman–Crippen MR) is 94.5 cm³/mol. The van der Waals surface area contributed by atoms with Gasteiger partial charge >= 0.3 is 5.97 Å². The van der Waals surface area contributed by atoms with E-state index in [0.717, 1.165) is 0 Å². The van der Waals surface area contributed by atoms with E-state index < -0.39 is 5.97 Å². The Morgan fingerprint density at radius 1 is 0.960 bits per heavy atom. The summed E-state index contributed by atoms with van der Waals surface area (Å²) in [5.74, 6) is 0.201. The van der Waals surface area contributed by atoms with Crippen LogP contribution in [-0.2, 0) is 4.74 Å². The quantitative estimate of drug-likeness (QED) is 0.779. The van der Waals surface area contributed by atoms with Crippen LogP contribution < -0.4 is 14.8 Å². The van der Waals surface area contributed by atoms with E-state index in [9.17, 15) is 9.59 Å². The van der Waals surface area contributed by atoms with Crippen molar-refractivity contribution in [3.05, 3.63) is 53.6 Å². The van der Waals surface area contributed by atoms with Crippen LogP contribution in [0.2, 0.25) is 0 Å². The second-order valence-electron chi connectivity index (χ2n) is 5.02. The van der Waals surface area contributed by atoms with Crippen LogP contribution in [0.4, 0.5) is 5.69 Å². The summed E-state index contributed by atoms with van der Waals surface area (Å²) in [5.41, 5.74) is 1.06. The van der Waals surface area contributed by atoms with E-state index in [0.29, 0.717) is 36.0 Å². The third kappa shape index (κ3) is 4.50. The van der Waals surface area contributed by atoms with Gasteiger partial charge in [0, 0.05) is 5.56 Å². The lowest BCUT2D eigenvalue weighted by molar-refractivity contribution is 0.0602. The summed E-state index contributed by atoms with van der Waals surface area (Å²) in [5, 5.41) is 2.73. The summed E-state index contributed by atoms with van der Waals surface area (Å²) < 4.78 is 15.8. The first kappa shape index (κ1) is 18.3. The molecule has 132 valence electrons.